The van der Waals surface area contributed by atoms with Gasteiger partial charge < -0.3 is 9.92 Å². The second-order valence-electron chi connectivity index (χ2n) is 2.55. The highest BCUT2D eigenvalue weighted by Gasteiger charge is 2.09. The van der Waals surface area contributed by atoms with Crippen molar-refractivity contribution in [3.05, 3.63) is 23.8 Å². The lowest BCUT2D eigenvalue weighted by atomic mass is 10.2. The fourth-order valence-electron chi connectivity index (χ4n) is 0.857. The van der Waals surface area contributed by atoms with Crippen LogP contribution in [0.15, 0.2) is 18.2 Å². The van der Waals surface area contributed by atoms with Crippen LogP contribution in [0.3, 0.4) is 0 Å². The maximum absolute atomic E-state index is 10.3. The van der Waals surface area contributed by atoms with Crippen molar-refractivity contribution in [3.63, 3.8) is 0 Å². The molecule has 0 aliphatic carbocycles. The van der Waals surface area contributed by atoms with E-state index in [0.717, 1.165) is 5.56 Å². The standard InChI is InChI=1S/C7H9NO4S/c1-5-2-3-7(6(8)4-5)12-13(9,10)11/h2-4H,8H2,1H3,(H,9,10,11). The number of rotatable bonds is 2. The van der Waals surface area contributed by atoms with Crippen molar-refractivity contribution in [2.24, 2.45) is 0 Å². The van der Waals surface area contributed by atoms with E-state index in [2.05, 4.69) is 4.18 Å². The molecule has 0 fully saturated rings. The summed E-state index contributed by atoms with van der Waals surface area (Å²) >= 11 is 0. The first kappa shape index (κ1) is 9.82. The molecule has 0 amide bonds. The van der Waals surface area contributed by atoms with Crippen molar-refractivity contribution in [2.45, 2.75) is 6.92 Å². The first-order chi connectivity index (χ1) is 5.88. The zero-order valence-corrected chi connectivity index (χ0v) is 7.71. The van der Waals surface area contributed by atoms with Gasteiger partial charge in [0.2, 0.25) is 0 Å². The first-order valence-electron chi connectivity index (χ1n) is 3.41. The third-order valence-corrected chi connectivity index (χ3v) is 1.75. The molecule has 1 rings (SSSR count). The number of aryl methyl sites for hydroxylation is 1. The predicted molar refractivity (Wildman–Crippen MR) is 47.8 cm³/mol. The lowest BCUT2D eigenvalue weighted by molar-refractivity contribution is 0.387. The molecule has 0 atom stereocenters. The molecule has 0 aromatic heterocycles. The van der Waals surface area contributed by atoms with Crippen LogP contribution in [-0.2, 0) is 10.4 Å². The van der Waals surface area contributed by atoms with Gasteiger partial charge in [0.05, 0.1) is 5.69 Å². The van der Waals surface area contributed by atoms with Crippen LogP contribution in [0.1, 0.15) is 5.56 Å². The van der Waals surface area contributed by atoms with Crippen molar-refractivity contribution in [2.75, 3.05) is 5.73 Å². The minimum absolute atomic E-state index is 0.0758. The molecule has 0 bridgehead atoms. The van der Waals surface area contributed by atoms with Gasteiger partial charge in [0.1, 0.15) is 0 Å². The maximum Gasteiger partial charge on any atom is 0.446 e. The minimum Gasteiger partial charge on any atom is -0.396 e. The SMILES string of the molecule is Cc1ccc(OS(=O)(=O)O)c(N)c1. The fraction of sp³-hybridized carbons (Fsp3) is 0.143. The normalized spacial score (nSPS) is 11.2. The number of nitrogen functional groups attached to an aromatic ring is 1. The van der Waals surface area contributed by atoms with Crippen LogP contribution < -0.4 is 9.92 Å². The average molecular weight is 203 g/mol. The Morgan fingerprint density at radius 3 is 2.54 bits per heavy atom. The Kier molecular flexibility index (Phi) is 2.44. The number of hydrogen-bond acceptors (Lipinski definition) is 4. The van der Waals surface area contributed by atoms with Gasteiger partial charge in [0, 0.05) is 0 Å². The molecule has 1 aromatic rings. The van der Waals surface area contributed by atoms with E-state index in [1.54, 1.807) is 19.1 Å². The number of anilines is 1. The third-order valence-electron chi connectivity index (χ3n) is 1.36. The molecule has 0 radical (unpaired) electrons. The molecular weight excluding hydrogens is 194 g/mol. The zero-order valence-electron chi connectivity index (χ0n) is 6.89. The minimum atomic E-state index is -4.49. The summed E-state index contributed by atoms with van der Waals surface area (Å²) < 4.78 is 33.2. The molecule has 0 saturated carbocycles. The van der Waals surface area contributed by atoms with Gasteiger partial charge in [-0.25, -0.2) is 0 Å². The van der Waals surface area contributed by atoms with Crippen molar-refractivity contribution < 1.29 is 17.2 Å². The third kappa shape index (κ3) is 2.92. The van der Waals surface area contributed by atoms with Crippen molar-refractivity contribution >= 4 is 16.1 Å². The van der Waals surface area contributed by atoms with Gasteiger partial charge in [0.25, 0.3) is 0 Å². The highest BCUT2D eigenvalue weighted by atomic mass is 32.3. The molecule has 1 aromatic carbocycles. The molecule has 0 spiro atoms. The number of benzene rings is 1. The van der Waals surface area contributed by atoms with Crippen molar-refractivity contribution in [1.82, 2.24) is 0 Å². The van der Waals surface area contributed by atoms with E-state index >= 15 is 0 Å². The van der Waals surface area contributed by atoms with E-state index in [1.165, 1.54) is 6.07 Å². The van der Waals surface area contributed by atoms with Crippen LogP contribution in [0.2, 0.25) is 0 Å². The molecular formula is C7H9NO4S. The van der Waals surface area contributed by atoms with Gasteiger partial charge in [-0.05, 0) is 24.6 Å². The highest BCUT2D eigenvalue weighted by molar-refractivity contribution is 7.81. The fourth-order valence-corrected chi connectivity index (χ4v) is 1.24. The zero-order chi connectivity index (χ0) is 10.1. The van der Waals surface area contributed by atoms with E-state index < -0.39 is 10.4 Å². The Morgan fingerprint density at radius 2 is 2.08 bits per heavy atom. The van der Waals surface area contributed by atoms with E-state index in [0.29, 0.717) is 0 Å². The summed E-state index contributed by atoms with van der Waals surface area (Å²) in [6, 6.07) is 4.54. The summed E-state index contributed by atoms with van der Waals surface area (Å²) in [7, 11) is -4.49. The average Bonchev–Trinajstić information content (AvgIpc) is 1.93. The smallest absolute Gasteiger partial charge is 0.396 e. The van der Waals surface area contributed by atoms with Crippen LogP contribution >= 0.6 is 0 Å². The summed E-state index contributed by atoms with van der Waals surface area (Å²) in [5, 5.41) is 0. The van der Waals surface area contributed by atoms with Crippen LogP contribution in [0.4, 0.5) is 5.69 Å². The quantitative estimate of drug-likeness (QED) is 0.547. The van der Waals surface area contributed by atoms with Gasteiger partial charge in [0.15, 0.2) is 5.75 Å². The highest BCUT2D eigenvalue weighted by Crippen LogP contribution is 2.23. The lowest BCUT2D eigenvalue weighted by Crippen LogP contribution is -2.08. The Labute approximate surface area is 76.1 Å². The van der Waals surface area contributed by atoms with Crippen LogP contribution in [-0.4, -0.2) is 13.0 Å². The molecule has 0 aliphatic heterocycles. The summed E-state index contributed by atoms with van der Waals surface area (Å²) in [5.74, 6) is -0.0758. The second kappa shape index (κ2) is 3.23. The van der Waals surface area contributed by atoms with E-state index in [1.807, 2.05) is 0 Å². The Morgan fingerprint density at radius 1 is 1.46 bits per heavy atom. The topological polar surface area (TPSA) is 89.6 Å². The maximum atomic E-state index is 10.3. The molecule has 3 N–H and O–H groups in total. The molecule has 0 heterocycles. The van der Waals surface area contributed by atoms with E-state index in [-0.39, 0.29) is 11.4 Å². The number of hydrogen-bond donors (Lipinski definition) is 2. The predicted octanol–water partition coefficient (Wildman–Crippen LogP) is 0.759. The molecule has 0 unspecified atom stereocenters. The van der Waals surface area contributed by atoms with Gasteiger partial charge in [-0.15, -0.1) is 0 Å². The van der Waals surface area contributed by atoms with Crippen LogP contribution in [0.25, 0.3) is 0 Å². The van der Waals surface area contributed by atoms with Crippen molar-refractivity contribution in [1.29, 1.82) is 0 Å². The Bertz CT molecular complexity index is 413. The van der Waals surface area contributed by atoms with Gasteiger partial charge in [-0.1, -0.05) is 6.07 Å². The lowest BCUT2D eigenvalue weighted by Gasteiger charge is -2.04. The summed E-state index contributed by atoms with van der Waals surface area (Å²) in [6.07, 6.45) is 0. The van der Waals surface area contributed by atoms with Gasteiger partial charge in [-0.3, -0.25) is 4.55 Å². The Balaban J connectivity index is 3.04. The largest absolute Gasteiger partial charge is 0.446 e. The molecule has 72 valence electrons. The van der Waals surface area contributed by atoms with E-state index in [9.17, 15) is 8.42 Å². The van der Waals surface area contributed by atoms with Gasteiger partial charge >= 0.3 is 10.4 Å². The molecule has 0 aliphatic rings. The molecule has 5 nitrogen and oxygen atoms in total. The van der Waals surface area contributed by atoms with Crippen molar-refractivity contribution in [3.8, 4) is 5.75 Å². The molecule has 6 heteroatoms. The number of nitrogens with two attached hydrogens (primary N) is 1. The van der Waals surface area contributed by atoms with Gasteiger partial charge in [-0.2, -0.15) is 8.42 Å². The summed E-state index contributed by atoms with van der Waals surface area (Å²) in [6.45, 7) is 1.80. The molecule has 13 heavy (non-hydrogen) atoms. The second-order valence-corrected chi connectivity index (χ2v) is 3.57. The first-order valence-corrected chi connectivity index (χ1v) is 4.78. The van der Waals surface area contributed by atoms with Crippen LogP contribution in [0.5, 0.6) is 5.75 Å². The Hall–Kier alpha value is -1.27. The summed E-state index contributed by atoms with van der Waals surface area (Å²) in [5.41, 5.74) is 6.47. The monoisotopic (exact) mass is 203 g/mol. The van der Waals surface area contributed by atoms with Crippen LogP contribution in [0, 0.1) is 6.92 Å². The van der Waals surface area contributed by atoms with E-state index in [4.69, 9.17) is 10.3 Å². The summed E-state index contributed by atoms with van der Waals surface area (Å²) in [4.78, 5) is 0. The molecule has 0 saturated heterocycles.